The van der Waals surface area contributed by atoms with Crippen LogP contribution >= 0.6 is 0 Å². The summed E-state index contributed by atoms with van der Waals surface area (Å²) in [6, 6.07) is 19.4. The molecule has 0 aliphatic carbocycles. The van der Waals surface area contributed by atoms with E-state index < -0.39 is 36.3 Å². The fraction of sp³-hybridized carbons (Fsp3) is 0.435. The lowest BCUT2D eigenvalue weighted by Gasteiger charge is -2.35. The molecule has 7 heteroatoms. The molecule has 2 saturated heterocycles. The molecule has 2 aliphatic rings. The van der Waals surface area contributed by atoms with Gasteiger partial charge in [-0.15, -0.1) is 0 Å². The highest BCUT2D eigenvalue weighted by Crippen LogP contribution is 2.47. The minimum atomic E-state index is -0.558. The zero-order valence-corrected chi connectivity index (χ0v) is 16.8. The first kappa shape index (κ1) is 20.7. The third-order valence-corrected chi connectivity index (χ3v) is 5.92. The van der Waals surface area contributed by atoms with Gasteiger partial charge in [0.15, 0.2) is 0 Å². The molecule has 0 aromatic heterocycles. The van der Waals surface area contributed by atoms with Crippen LogP contribution in [0, 0.1) is 22.0 Å². The lowest BCUT2D eigenvalue weighted by molar-refractivity contribution is -0.491. The van der Waals surface area contributed by atoms with E-state index in [1.54, 1.807) is 0 Å². The summed E-state index contributed by atoms with van der Waals surface area (Å²) in [4.78, 5) is 23.2. The van der Waals surface area contributed by atoms with E-state index >= 15 is 0 Å². The first-order valence-corrected chi connectivity index (χ1v) is 10.1. The summed E-state index contributed by atoms with van der Waals surface area (Å²) >= 11 is 0. The zero-order chi connectivity index (χ0) is 21.1. The van der Waals surface area contributed by atoms with Crippen LogP contribution in [-0.4, -0.2) is 41.7 Å². The van der Waals surface area contributed by atoms with Crippen molar-refractivity contribution in [1.29, 1.82) is 0 Å². The molecule has 2 aromatic rings. The molecule has 0 radical (unpaired) electrons. The van der Waals surface area contributed by atoms with Crippen LogP contribution in [0.3, 0.4) is 0 Å². The van der Waals surface area contributed by atoms with Crippen LogP contribution in [0.2, 0.25) is 0 Å². The van der Waals surface area contributed by atoms with Crippen LogP contribution in [0.4, 0.5) is 0 Å². The molecule has 158 valence electrons. The van der Waals surface area contributed by atoms with Crippen LogP contribution in [0.25, 0.3) is 0 Å². The number of Topliss-reactive ketones (excluding diaryl/α,β-unsaturated/α-hetero) is 1. The van der Waals surface area contributed by atoms with Crippen molar-refractivity contribution in [3.8, 4) is 0 Å². The number of rotatable bonds is 9. The Hall–Kier alpha value is -2.61. The highest BCUT2D eigenvalue weighted by atomic mass is 16.6. The van der Waals surface area contributed by atoms with E-state index in [0.717, 1.165) is 11.1 Å². The first-order valence-electron chi connectivity index (χ1n) is 10.1. The van der Waals surface area contributed by atoms with E-state index in [-0.39, 0.29) is 17.3 Å². The van der Waals surface area contributed by atoms with Crippen molar-refractivity contribution in [1.82, 2.24) is 0 Å². The Morgan fingerprint density at radius 1 is 0.933 bits per heavy atom. The first-order chi connectivity index (χ1) is 14.5. The Balaban J connectivity index is 1.54. The summed E-state index contributed by atoms with van der Waals surface area (Å²) in [5, 5.41) is 11.2. The van der Waals surface area contributed by atoms with Crippen molar-refractivity contribution in [3.63, 3.8) is 0 Å². The van der Waals surface area contributed by atoms with Crippen molar-refractivity contribution in [3.05, 3.63) is 81.9 Å². The summed E-state index contributed by atoms with van der Waals surface area (Å²) in [7, 11) is 0. The van der Waals surface area contributed by atoms with E-state index in [0.29, 0.717) is 13.2 Å². The lowest BCUT2D eigenvalue weighted by Crippen LogP contribution is -2.52. The van der Waals surface area contributed by atoms with Gasteiger partial charge in [-0.3, -0.25) is 14.9 Å². The molecule has 0 unspecified atom stereocenters. The second-order valence-corrected chi connectivity index (χ2v) is 7.90. The molecule has 6 atom stereocenters. The van der Waals surface area contributed by atoms with Crippen molar-refractivity contribution >= 4 is 5.78 Å². The molecule has 0 spiro atoms. The van der Waals surface area contributed by atoms with Gasteiger partial charge in [-0.25, -0.2) is 0 Å². The Bertz CT molecular complexity index is 874. The molecule has 2 bridgehead atoms. The van der Waals surface area contributed by atoms with Crippen LogP contribution in [-0.2, 0) is 32.2 Å². The largest absolute Gasteiger partial charge is 0.368 e. The zero-order valence-electron chi connectivity index (χ0n) is 16.8. The molecular formula is C23H25NO6. The van der Waals surface area contributed by atoms with Crippen molar-refractivity contribution < 1.29 is 23.9 Å². The maximum Gasteiger partial charge on any atom is 0.210 e. The highest BCUT2D eigenvalue weighted by Gasteiger charge is 2.63. The summed E-state index contributed by atoms with van der Waals surface area (Å²) < 4.78 is 18.5. The van der Waals surface area contributed by atoms with Gasteiger partial charge >= 0.3 is 0 Å². The van der Waals surface area contributed by atoms with E-state index in [2.05, 4.69) is 0 Å². The molecule has 4 rings (SSSR count). The lowest BCUT2D eigenvalue weighted by atomic mass is 9.74. The number of hydrogen-bond acceptors (Lipinski definition) is 6. The monoisotopic (exact) mass is 411 g/mol. The van der Waals surface area contributed by atoms with Crippen LogP contribution in [0.1, 0.15) is 18.1 Å². The van der Waals surface area contributed by atoms with E-state index in [4.69, 9.17) is 14.2 Å². The maximum absolute atomic E-state index is 12.3. The third kappa shape index (κ3) is 4.28. The number of fused-ring (bicyclic) bond motifs is 2. The average molecular weight is 411 g/mol. The molecule has 2 aliphatic heterocycles. The van der Waals surface area contributed by atoms with Gasteiger partial charge in [0.1, 0.15) is 18.0 Å². The van der Waals surface area contributed by atoms with Gasteiger partial charge in [0.05, 0.1) is 37.3 Å². The fourth-order valence-electron chi connectivity index (χ4n) is 4.63. The number of carbonyl (C=O) groups is 1. The van der Waals surface area contributed by atoms with Crippen LogP contribution in [0.5, 0.6) is 0 Å². The van der Waals surface area contributed by atoms with Crippen molar-refractivity contribution in [2.24, 2.45) is 11.8 Å². The molecule has 7 nitrogen and oxygen atoms in total. The van der Waals surface area contributed by atoms with Crippen molar-refractivity contribution in [2.45, 2.75) is 44.6 Å². The number of hydrogen-bond donors (Lipinski definition) is 0. The summed E-state index contributed by atoms with van der Waals surface area (Å²) in [5.74, 6) is -1.18. The number of nitrogens with zero attached hydrogens (tertiary/aromatic N) is 1. The second kappa shape index (κ2) is 9.04. The van der Waals surface area contributed by atoms with Gasteiger partial charge in [0.2, 0.25) is 6.54 Å². The predicted molar refractivity (Wildman–Crippen MR) is 108 cm³/mol. The topological polar surface area (TPSA) is 87.9 Å². The number of nitro groups is 1. The number of carbonyl (C=O) groups excluding carboxylic acids is 1. The predicted octanol–water partition coefficient (Wildman–Crippen LogP) is 3.04. The maximum atomic E-state index is 12.3. The van der Waals surface area contributed by atoms with Crippen LogP contribution in [0.15, 0.2) is 60.7 Å². The summed E-state index contributed by atoms with van der Waals surface area (Å²) in [5.41, 5.74) is 2.00. The highest BCUT2D eigenvalue weighted by molar-refractivity contribution is 5.80. The van der Waals surface area contributed by atoms with E-state index in [1.807, 2.05) is 60.7 Å². The van der Waals surface area contributed by atoms with Gasteiger partial charge in [0.25, 0.3) is 0 Å². The Morgan fingerprint density at radius 2 is 1.43 bits per heavy atom. The van der Waals surface area contributed by atoms with E-state index in [9.17, 15) is 14.9 Å². The molecule has 0 saturated carbocycles. The molecule has 2 fully saturated rings. The molecule has 30 heavy (non-hydrogen) atoms. The van der Waals surface area contributed by atoms with Gasteiger partial charge in [-0.2, -0.15) is 0 Å². The SMILES string of the molecule is CC(=O)[C@@H]1[C@@H](C[N+](=O)[O-])[C@@H]2O[C@H]1[C@H](OCc1ccccc1)[C@H]2OCc1ccccc1. The number of ketones is 1. The molecule has 2 aromatic carbocycles. The van der Waals surface area contributed by atoms with Gasteiger partial charge in [-0.05, 0) is 18.1 Å². The molecule has 2 heterocycles. The van der Waals surface area contributed by atoms with Gasteiger partial charge in [0, 0.05) is 4.92 Å². The molecular weight excluding hydrogens is 386 g/mol. The number of benzene rings is 2. The minimum Gasteiger partial charge on any atom is -0.368 e. The smallest absolute Gasteiger partial charge is 0.210 e. The van der Waals surface area contributed by atoms with Crippen molar-refractivity contribution in [2.75, 3.05) is 6.54 Å². The Kier molecular flexibility index (Phi) is 6.22. The summed E-state index contributed by atoms with van der Waals surface area (Å²) in [6.07, 6.45) is -2.02. The normalized spacial score (nSPS) is 29.8. The quantitative estimate of drug-likeness (QED) is 0.466. The average Bonchev–Trinajstić information content (AvgIpc) is 3.27. The Morgan fingerprint density at radius 3 is 1.90 bits per heavy atom. The van der Waals surface area contributed by atoms with Gasteiger partial charge in [-0.1, -0.05) is 60.7 Å². The fourth-order valence-corrected chi connectivity index (χ4v) is 4.63. The van der Waals surface area contributed by atoms with Gasteiger partial charge < -0.3 is 14.2 Å². The standard InChI is InChI=1S/C23H25NO6/c1-15(25)19-18(12-24(26)27)20-22(28-13-16-8-4-2-5-9-16)23(21(19)30-20)29-14-17-10-6-3-7-11-17/h2-11,18-23H,12-14H2,1H3/t18-,19-,20+,21-,22+,23+/m1/s1. The van der Waals surface area contributed by atoms with Crippen LogP contribution < -0.4 is 0 Å². The number of ether oxygens (including phenoxy) is 3. The molecule has 0 N–H and O–H groups in total. The second-order valence-electron chi connectivity index (χ2n) is 7.90. The summed E-state index contributed by atoms with van der Waals surface area (Å²) in [6.45, 7) is 1.85. The third-order valence-electron chi connectivity index (χ3n) is 5.92. The van der Waals surface area contributed by atoms with E-state index in [1.165, 1.54) is 6.92 Å². The molecule has 0 amide bonds. The minimum absolute atomic E-state index is 0.107. The Labute approximate surface area is 175 Å².